The highest BCUT2D eigenvalue weighted by atomic mass is 32.1. The first-order valence-corrected chi connectivity index (χ1v) is 13.5. The van der Waals surface area contributed by atoms with Crippen LogP contribution in [0.3, 0.4) is 0 Å². The van der Waals surface area contributed by atoms with Crippen molar-refractivity contribution in [3.05, 3.63) is 47.5 Å². The van der Waals surface area contributed by atoms with Crippen LogP contribution in [-0.4, -0.2) is 0 Å². The minimum Gasteiger partial charge on any atom is -0.133 e. The van der Waals surface area contributed by atoms with E-state index in [2.05, 4.69) is 50.2 Å². The summed E-state index contributed by atoms with van der Waals surface area (Å²) in [6.45, 7) is 4.56. The summed E-state index contributed by atoms with van der Waals surface area (Å²) in [5.41, 5.74) is 3.01. The van der Waals surface area contributed by atoms with Gasteiger partial charge >= 0.3 is 0 Å². The van der Waals surface area contributed by atoms with Crippen molar-refractivity contribution < 1.29 is 0 Å². The van der Waals surface area contributed by atoms with Crippen LogP contribution < -0.4 is 0 Å². The lowest BCUT2D eigenvalue weighted by Crippen LogP contribution is -1.84. The van der Waals surface area contributed by atoms with Gasteiger partial charge in [0, 0.05) is 20.2 Å². The quantitative estimate of drug-likeness (QED) is 0.212. The molecule has 0 aliphatic heterocycles. The van der Waals surface area contributed by atoms with E-state index in [0.717, 1.165) is 0 Å². The first-order chi connectivity index (χ1) is 14.3. The van der Waals surface area contributed by atoms with Gasteiger partial charge in [-0.3, -0.25) is 0 Å². The van der Waals surface area contributed by atoms with Gasteiger partial charge in [-0.2, -0.15) is 0 Å². The van der Waals surface area contributed by atoms with Gasteiger partial charge in [0.2, 0.25) is 0 Å². The number of fused-ring (bicyclic) bond motifs is 7. The molecule has 0 amide bonds. The van der Waals surface area contributed by atoms with E-state index < -0.39 is 0 Å². The van der Waals surface area contributed by atoms with Crippen molar-refractivity contribution in [3.8, 4) is 0 Å². The Kier molecular flexibility index (Phi) is 5.64. The van der Waals surface area contributed by atoms with Crippen LogP contribution in [-0.2, 0) is 12.8 Å². The van der Waals surface area contributed by atoms with Crippen molar-refractivity contribution in [2.24, 2.45) is 0 Å². The first-order valence-electron chi connectivity index (χ1n) is 11.1. The molecule has 0 unspecified atom stereocenters. The number of hydrogen-bond acceptors (Lipinski definition) is 3. The van der Waals surface area contributed by atoms with Crippen LogP contribution >= 0.6 is 34.0 Å². The molecule has 0 fully saturated rings. The Balaban J connectivity index is 1.54. The van der Waals surface area contributed by atoms with E-state index in [9.17, 15) is 0 Å². The summed E-state index contributed by atoms with van der Waals surface area (Å²) in [6.07, 6.45) is 10.3. The molecule has 3 heterocycles. The van der Waals surface area contributed by atoms with E-state index in [0.29, 0.717) is 0 Å². The molecule has 5 rings (SSSR count). The fourth-order valence-corrected chi connectivity index (χ4v) is 8.70. The van der Waals surface area contributed by atoms with Crippen molar-refractivity contribution in [2.45, 2.75) is 65.2 Å². The van der Waals surface area contributed by atoms with Gasteiger partial charge in [-0.25, -0.2) is 0 Å². The molecule has 0 aliphatic carbocycles. The Labute approximate surface area is 185 Å². The summed E-state index contributed by atoms with van der Waals surface area (Å²) < 4.78 is 8.97. The lowest BCUT2D eigenvalue weighted by atomic mass is 10.1. The second kappa shape index (κ2) is 8.37. The van der Waals surface area contributed by atoms with Crippen molar-refractivity contribution in [2.75, 3.05) is 0 Å². The van der Waals surface area contributed by atoms with Crippen LogP contribution in [0.5, 0.6) is 0 Å². The summed E-state index contributed by atoms with van der Waals surface area (Å²) in [7, 11) is 0. The largest absolute Gasteiger partial charge is 0.133 e. The molecule has 0 bridgehead atoms. The fourth-order valence-electron chi connectivity index (χ4n) is 4.31. The minimum atomic E-state index is 1.22. The molecule has 0 N–H and O–H groups in total. The van der Waals surface area contributed by atoms with Crippen LogP contribution in [0.1, 0.15) is 63.5 Å². The van der Waals surface area contributed by atoms with Gasteiger partial charge < -0.3 is 0 Å². The number of aryl methyl sites for hydroxylation is 2. The minimum absolute atomic E-state index is 1.22. The van der Waals surface area contributed by atoms with Gasteiger partial charge in [-0.05, 0) is 48.9 Å². The van der Waals surface area contributed by atoms with Gasteiger partial charge in [-0.1, -0.05) is 63.8 Å². The lowest BCUT2D eigenvalue weighted by Gasteiger charge is -2.01. The highest BCUT2D eigenvalue weighted by Gasteiger charge is 2.17. The predicted molar refractivity (Wildman–Crippen MR) is 137 cm³/mol. The molecule has 0 atom stereocenters. The molecule has 2 aromatic carbocycles. The molecular formula is C26H28S3. The third-order valence-corrected chi connectivity index (χ3v) is 9.95. The van der Waals surface area contributed by atoms with Crippen LogP contribution in [0.4, 0.5) is 0 Å². The van der Waals surface area contributed by atoms with E-state index in [1.165, 1.54) is 101 Å². The maximum absolute atomic E-state index is 2.45. The van der Waals surface area contributed by atoms with E-state index >= 15 is 0 Å². The molecular weight excluding hydrogens is 408 g/mol. The van der Waals surface area contributed by atoms with E-state index in [4.69, 9.17) is 0 Å². The Morgan fingerprint density at radius 2 is 1.03 bits per heavy atom. The van der Waals surface area contributed by atoms with Gasteiger partial charge in [-0.15, -0.1) is 34.0 Å². The molecule has 150 valence electrons. The molecule has 0 spiro atoms. The van der Waals surface area contributed by atoms with Gasteiger partial charge in [0.15, 0.2) is 0 Å². The lowest BCUT2D eigenvalue weighted by molar-refractivity contribution is 0.718. The normalized spacial score (nSPS) is 12.2. The predicted octanol–water partition coefficient (Wildman–Crippen LogP) is 9.95. The molecule has 0 saturated carbocycles. The molecule has 0 nitrogen and oxygen atoms in total. The third kappa shape index (κ3) is 3.62. The average molecular weight is 437 g/mol. The average Bonchev–Trinajstić information content (AvgIpc) is 3.36. The van der Waals surface area contributed by atoms with Crippen LogP contribution in [0, 0.1) is 0 Å². The standard InChI is InChI=1S/C26H28S3/c1-3-5-7-9-17-11-13-19-21(15-17)27-25-23(19)29-24-20-14-12-18(10-8-6-4-2)16-22(20)28-26(24)25/h11-16H,3-10H2,1-2H3. The zero-order valence-electron chi connectivity index (χ0n) is 17.3. The molecule has 0 aliphatic rings. The Hall–Kier alpha value is -1.42. The third-order valence-electron chi connectivity index (χ3n) is 5.97. The van der Waals surface area contributed by atoms with Crippen molar-refractivity contribution in [1.29, 1.82) is 0 Å². The van der Waals surface area contributed by atoms with Crippen molar-refractivity contribution >= 4 is 73.0 Å². The molecule has 0 saturated heterocycles. The van der Waals surface area contributed by atoms with Crippen LogP contribution in [0.15, 0.2) is 36.4 Å². The Morgan fingerprint density at radius 3 is 1.48 bits per heavy atom. The number of hydrogen-bond donors (Lipinski definition) is 0. The van der Waals surface area contributed by atoms with E-state index in [1.54, 1.807) is 0 Å². The summed E-state index contributed by atoms with van der Waals surface area (Å²) in [5, 5.41) is 2.92. The number of unbranched alkanes of at least 4 members (excludes halogenated alkanes) is 4. The maximum Gasteiger partial charge on any atom is 0.0642 e. The molecule has 3 aromatic heterocycles. The fraction of sp³-hybridized carbons (Fsp3) is 0.385. The Bertz CT molecular complexity index is 1180. The van der Waals surface area contributed by atoms with Gasteiger partial charge in [0.05, 0.1) is 18.8 Å². The van der Waals surface area contributed by atoms with Crippen molar-refractivity contribution in [3.63, 3.8) is 0 Å². The van der Waals surface area contributed by atoms with E-state index in [-0.39, 0.29) is 0 Å². The van der Waals surface area contributed by atoms with Crippen LogP contribution in [0.2, 0.25) is 0 Å². The number of thiophene rings is 3. The molecule has 29 heavy (non-hydrogen) atoms. The Morgan fingerprint density at radius 1 is 0.552 bits per heavy atom. The summed E-state index contributed by atoms with van der Waals surface area (Å²) >= 11 is 6.03. The topological polar surface area (TPSA) is 0 Å². The molecule has 3 heteroatoms. The highest BCUT2D eigenvalue weighted by Crippen LogP contribution is 2.50. The zero-order chi connectivity index (χ0) is 19.8. The number of benzene rings is 2. The summed E-state index contributed by atoms with van der Waals surface area (Å²) in [4.78, 5) is 0. The second-order valence-electron chi connectivity index (χ2n) is 8.20. The summed E-state index contributed by atoms with van der Waals surface area (Å²) in [6, 6.07) is 14.4. The maximum atomic E-state index is 2.45. The smallest absolute Gasteiger partial charge is 0.0642 e. The van der Waals surface area contributed by atoms with E-state index in [1.807, 2.05) is 34.0 Å². The summed E-state index contributed by atoms with van der Waals surface area (Å²) in [5.74, 6) is 0. The number of rotatable bonds is 8. The highest BCUT2D eigenvalue weighted by molar-refractivity contribution is 7.43. The second-order valence-corrected chi connectivity index (χ2v) is 11.3. The monoisotopic (exact) mass is 436 g/mol. The SMILES string of the molecule is CCCCCc1ccc2c(c1)sc1c2sc2c3ccc(CCCCC)cc3sc21. The molecule has 0 radical (unpaired) electrons. The van der Waals surface area contributed by atoms with Gasteiger partial charge in [0.1, 0.15) is 0 Å². The van der Waals surface area contributed by atoms with Crippen molar-refractivity contribution in [1.82, 2.24) is 0 Å². The molecule has 5 aromatic rings. The first kappa shape index (κ1) is 19.5. The zero-order valence-corrected chi connectivity index (χ0v) is 19.8. The van der Waals surface area contributed by atoms with Crippen LogP contribution in [0.25, 0.3) is 39.0 Å². The van der Waals surface area contributed by atoms with Gasteiger partial charge in [0.25, 0.3) is 0 Å².